The summed E-state index contributed by atoms with van der Waals surface area (Å²) in [5.74, 6) is -0.354. The molecule has 0 aliphatic carbocycles. The van der Waals surface area contributed by atoms with Crippen LogP contribution in [-0.4, -0.2) is 4.92 Å². The smallest absolute Gasteiger partial charge is 0.258 e. The maximum atomic E-state index is 13.4. The number of nitro groups is 1. The van der Waals surface area contributed by atoms with E-state index < -0.39 is 4.92 Å². The molecule has 0 aliphatic rings. The van der Waals surface area contributed by atoms with E-state index in [1.807, 2.05) is 0 Å². The quantitative estimate of drug-likeness (QED) is 0.466. The van der Waals surface area contributed by atoms with Crippen LogP contribution in [0.15, 0.2) is 48.5 Å². The molecule has 0 aliphatic heterocycles. The van der Waals surface area contributed by atoms with E-state index in [9.17, 15) is 14.5 Å². The van der Waals surface area contributed by atoms with Gasteiger partial charge in [-0.25, -0.2) is 4.39 Å². The molecule has 2 rings (SSSR count). The van der Waals surface area contributed by atoms with Crippen molar-refractivity contribution in [1.29, 1.82) is 0 Å². The lowest BCUT2D eigenvalue weighted by molar-refractivity contribution is -0.385. The van der Waals surface area contributed by atoms with Crippen molar-refractivity contribution in [3.8, 4) is 0 Å². The zero-order chi connectivity index (χ0) is 13.0. The first-order valence-corrected chi connectivity index (χ1v) is 5.34. The van der Waals surface area contributed by atoms with Gasteiger partial charge in [-0.1, -0.05) is 36.4 Å². The Morgan fingerprint density at radius 2 is 1.50 bits per heavy atom. The van der Waals surface area contributed by atoms with Crippen molar-refractivity contribution in [3.05, 3.63) is 75.6 Å². The largest absolute Gasteiger partial charge is 0.276 e. The molecular formula is C14H10FNO2. The van der Waals surface area contributed by atoms with Crippen LogP contribution in [0.3, 0.4) is 0 Å². The molecule has 0 N–H and O–H groups in total. The van der Waals surface area contributed by atoms with Gasteiger partial charge >= 0.3 is 0 Å². The Hall–Kier alpha value is -2.49. The molecule has 2 aromatic rings. The maximum absolute atomic E-state index is 13.4. The number of nitrogens with zero attached hydrogens (tertiary/aromatic N) is 1. The van der Waals surface area contributed by atoms with E-state index in [1.54, 1.807) is 36.4 Å². The van der Waals surface area contributed by atoms with Crippen LogP contribution in [0.2, 0.25) is 0 Å². The first-order chi connectivity index (χ1) is 8.68. The molecule has 3 nitrogen and oxygen atoms in total. The lowest BCUT2D eigenvalue weighted by Crippen LogP contribution is -1.90. The fourth-order valence-electron chi connectivity index (χ4n) is 1.58. The predicted molar refractivity (Wildman–Crippen MR) is 68.4 cm³/mol. The molecule has 0 amide bonds. The lowest BCUT2D eigenvalue weighted by Gasteiger charge is -1.97. The third-order valence-corrected chi connectivity index (χ3v) is 2.48. The van der Waals surface area contributed by atoms with Gasteiger partial charge in [-0.05, 0) is 18.2 Å². The van der Waals surface area contributed by atoms with Crippen LogP contribution in [0.5, 0.6) is 0 Å². The van der Waals surface area contributed by atoms with E-state index in [4.69, 9.17) is 0 Å². The van der Waals surface area contributed by atoms with Gasteiger partial charge in [0, 0.05) is 11.6 Å². The van der Waals surface area contributed by atoms with Crippen molar-refractivity contribution in [2.75, 3.05) is 0 Å². The second-order valence-electron chi connectivity index (χ2n) is 3.67. The minimum atomic E-state index is -0.457. The summed E-state index contributed by atoms with van der Waals surface area (Å²) < 4.78 is 13.4. The van der Waals surface area contributed by atoms with Crippen molar-refractivity contribution in [3.63, 3.8) is 0 Å². The lowest BCUT2D eigenvalue weighted by atomic mass is 10.1. The summed E-state index contributed by atoms with van der Waals surface area (Å²) in [5.41, 5.74) is 0.853. The Morgan fingerprint density at radius 1 is 0.944 bits per heavy atom. The number of nitro benzene ring substituents is 1. The fraction of sp³-hybridized carbons (Fsp3) is 0. The Balaban J connectivity index is 2.35. The number of para-hydroxylation sites is 1. The molecule has 0 spiro atoms. The van der Waals surface area contributed by atoms with Gasteiger partial charge in [-0.15, -0.1) is 0 Å². The average molecular weight is 243 g/mol. The highest BCUT2D eigenvalue weighted by molar-refractivity contribution is 5.74. The SMILES string of the molecule is O=[N+]([O-])c1ccccc1/C=C\c1ccccc1F. The van der Waals surface area contributed by atoms with E-state index in [1.165, 1.54) is 24.3 Å². The summed E-state index contributed by atoms with van der Waals surface area (Å²) >= 11 is 0. The third kappa shape index (κ3) is 2.60. The molecule has 0 aromatic heterocycles. The molecule has 4 heteroatoms. The minimum Gasteiger partial charge on any atom is -0.258 e. The number of hydrogen-bond acceptors (Lipinski definition) is 2. The summed E-state index contributed by atoms with van der Waals surface area (Å²) in [7, 11) is 0. The van der Waals surface area contributed by atoms with Gasteiger partial charge in [0.05, 0.1) is 10.5 Å². The van der Waals surface area contributed by atoms with Crippen molar-refractivity contribution in [2.24, 2.45) is 0 Å². The van der Waals surface area contributed by atoms with Gasteiger partial charge in [0.25, 0.3) is 5.69 Å². The molecule has 0 bridgehead atoms. The van der Waals surface area contributed by atoms with Crippen molar-refractivity contribution < 1.29 is 9.31 Å². The molecule has 0 fully saturated rings. The van der Waals surface area contributed by atoms with Crippen LogP contribution in [0.4, 0.5) is 10.1 Å². The Morgan fingerprint density at radius 3 is 2.17 bits per heavy atom. The second-order valence-corrected chi connectivity index (χ2v) is 3.67. The normalized spacial score (nSPS) is 10.7. The number of hydrogen-bond donors (Lipinski definition) is 0. The van der Waals surface area contributed by atoms with Gasteiger partial charge in [-0.3, -0.25) is 10.1 Å². The van der Waals surface area contributed by atoms with E-state index in [2.05, 4.69) is 0 Å². The van der Waals surface area contributed by atoms with Gasteiger partial charge in [-0.2, -0.15) is 0 Å². The monoisotopic (exact) mass is 243 g/mol. The first-order valence-electron chi connectivity index (χ1n) is 5.34. The molecule has 18 heavy (non-hydrogen) atoms. The van der Waals surface area contributed by atoms with Gasteiger partial charge in [0.2, 0.25) is 0 Å². The van der Waals surface area contributed by atoms with Crippen molar-refractivity contribution in [2.45, 2.75) is 0 Å². The Bertz CT molecular complexity index is 608. The summed E-state index contributed by atoms with van der Waals surface area (Å²) in [4.78, 5) is 10.3. The summed E-state index contributed by atoms with van der Waals surface area (Å²) in [6.45, 7) is 0. The van der Waals surface area contributed by atoms with Crippen LogP contribution in [-0.2, 0) is 0 Å². The highest BCUT2D eigenvalue weighted by Crippen LogP contribution is 2.20. The highest BCUT2D eigenvalue weighted by Gasteiger charge is 2.09. The molecule has 0 heterocycles. The zero-order valence-corrected chi connectivity index (χ0v) is 9.42. The highest BCUT2D eigenvalue weighted by atomic mass is 19.1. The van der Waals surface area contributed by atoms with Gasteiger partial charge in [0.1, 0.15) is 5.82 Å². The van der Waals surface area contributed by atoms with E-state index in [0.717, 1.165) is 0 Å². The molecule has 0 unspecified atom stereocenters. The second kappa shape index (κ2) is 5.23. The molecule has 90 valence electrons. The molecule has 0 saturated carbocycles. The molecule has 0 radical (unpaired) electrons. The van der Waals surface area contributed by atoms with Crippen LogP contribution < -0.4 is 0 Å². The predicted octanol–water partition coefficient (Wildman–Crippen LogP) is 3.90. The van der Waals surface area contributed by atoms with E-state index >= 15 is 0 Å². The summed E-state index contributed by atoms with van der Waals surface area (Å²) in [6.07, 6.45) is 3.06. The van der Waals surface area contributed by atoms with Gasteiger partial charge < -0.3 is 0 Å². The van der Waals surface area contributed by atoms with E-state index in [-0.39, 0.29) is 11.5 Å². The van der Waals surface area contributed by atoms with E-state index in [0.29, 0.717) is 11.1 Å². The number of benzene rings is 2. The fourth-order valence-corrected chi connectivity index (χ4v) is 1.58. The maximum Gasteiger partial charge on any atom is 0.276 e. The summed E-state index contributed by atoms with van der Waals surface area (Å²) in [6, 6.07) is 12.6. The van der Waals surface area contributed by atoms with Gasteiger partial charge in [0.15, 0.2) is 0 Å². The standard InChI is InChI=1S/C14H10FNO2/c15-13-7-3-1-5-11(13)9-10-12-6-2-4-8-14(12)16(17)18/h1-10H/b10-9-. The molecule has 2 aromatic carbocycles. The van der Waals surface area contributed by atoms with Crippen molar-refractivity contribution in [1.82, 2.24) is 0 Å². The van der Waals surface area contributed by atoms with Crippen LogP contribution in [0.25, 0.3) is 12.2 Å². The number of rotatable bonds is 3. The molecular weight excluding hydrogens is 233 g/mol. The Labute approximate surface area is 103 Å². The first kappa shape index (κ1) is 12.0. The zero-order valence-electron chi connectivity index (χ0n) is 9.42. The average Bonchev–Trinajstić information content (AvgIpc) is 2.38. The Kier molecular flexibility index (Phi) is 3.48. The minimum absolute atomic E-state index is 0.00471. The van der Waals surface area contributed by atoms with Crippen LogP contribution in [0, 0.1) is 15.9 Å². The number of halogens is 1. The third-order valence-electron chi connectivity index (χ3n) is 2.48. The topological polar surface area (TPSA) is 43.1 Å². The summed E-state index contributed by atoms with van der Waals surface area (Å²) in [5, 5.41) is 10.8. The molecule has 0 atom stereocenters. The van der Waals surface area contributed by atoms with Crippen molar-refractivity contribution >= 4 is 17.8 Å². The van der Waals surface area contributed by atoms with Crippen LogP contribution in [0.1, 0.15) is 11.1 Å². The molecule has 0 saturated heterocycles. The van der Waals surface area contributed by atoms with Crippen LogP contribution >= 0.6 is 0 Å².